The first kappa shape index (κ1) is 18.8. The monoisotopic (exact) mass is 354 g/mol. The van der Waals surface area contributed by atoms with Crippen molar-refractivity contribution in [3.05, 3.63) is 81.9 Å². The van der Waals surface area contributed by atoms with E-state index in [1.54, 1.807) is 0 Å². The summed E-state index contributed by atoms with van der Waals surface area (Å²) in [7, 11) is 0. The second kappa shape index (κ2) is 8.62. The number of benzene rings is 2. The molecular formula is C24H28F2. The number of hydrogen-bond acceptors (Lipinski definition) is 0. The van der Waals surface area contributed by atoms with Gasteiger partial charge in [-0.05, 0) is 85.8 Å². The predicted molar refractivity (Wildman–Crippen MR) is 105 cm³/mol. The first-order chi connectivity index (χ1) is 12.6. The molecule has 0 fully saturated rings. The van der Waals surface area contributed by atoms with Gasteiger partial charge in [-0.1, -0.05) is 43.7 Å². The highest BCUT2D eigenvalue weighted by atomic mass is 19.1. The molecule has 0 aromatic heterocycles. The van der Waals surface area contributed by atoms with Crippen LogP contribution < -0.4 is 0 Å². The van der Waals surface area contributed by atoms with E-state index in [1.165, 1.54) is 28.8 Å². The van der Waals surface area contributed by atoms with E-state index < -0.39 is 0 Å². The minimum absolute atomic E-state index is 0.0629. The maximum Gasteiger partial charge on any atom is 0.129 e. The molecule has 0 bridgehead atoms. The van der Waals surface area contributed by atoms with Crippen molar-refractivity contribution in [1.29, 1.82) is 0 Å². The third-order valence-corrected chi connectivity index (χ3v) is 5.42. The highest BCUT2D eigenvalue weighted by Crippen LogP contribution is 2.36. The van der Waals surface area contributed by atoms with E-state index in [1.807, 2.05) is 13.8 Å². The Morgan fingerprint density at radius 1 is 1.00 bits per heavy atom. The molecular weight excluding hydrogens is 326 g/mol. The van der Waals surface area contributed by atoms with Crippen molar-refractivity contribution in [2.24, 2.45) is 0 Å². The van der Waals surface area contributed by atoms with Gasteiger partial charge in [0, 0.05) is 5.56 Å². The summed E-state index contributed by atoms with van der Waals surface area (Å²) < 4.78 is 29.2. The molecule has 0 nitrogen and oxygen atoms in total. The Kier molecular flexibility index (Phi) is 6.24. The summed E-state index contributed by atoms with van der Waals surface area (Å²) in [6, 6.07) is 9.67. The molecule has 1 aliphatic carbocycles. The maximum absolute atomic E-state index is 14.6. The summed E-state index contributed by atoms with van der Waals surface area (Å²) in [5, 5.41) is 0. The Morgan fingerprint density at radius 2 is 1.77 bits per heavy atom. The standard InChI is InChI=1S/C24H28F2/c1-3-5-6-8-17-9-10-20-16-21(12-11-19(20)13-17)24-22(25)14-18(7-4-2)15-23(24)26/h3,5,9-10,13-15,21H,4,6-8,11-12,16H2,1-2H3/b5-3+. The molecule has 2 aromatic rings. The van der Waals surface area contributed by atoms with Crippen molar-refractivity contribution in [1.82, 2.24) is 0 Å². The first-order valence-electron chi connectivity index (χ1n) is 9.82. The predicted octanol–water partition coefficient (Wildman–Crippen LogP) is 6.70. The maximum atomic E-state index is 14.6. The van der Waals surface area contributed by atoms with Gasteiger partial charge in [0.05, 0.1) is 0 Å². The van der Waals surface area contributed by atoms with Gasteiger partial charge in [0.25, 0.3) is 0 Å². The van der Waals surface area contributed by atoms with E-state index in [2.05, 4.69) is 30.4 Å². The molecule has 3 rings (SSSR count). The SMILES string of the molecule is C/C=C/CCc1ccc2c(c1)CCC(c1c(F)cc(CCC)cc1F)C2. The molecule has 0 N–H and O–H groups in total. The zero-order valence-corrected chi connectivity index (χ0v) is 15.8. The Balaban J connectivity index is 1.78. The van der Waals surface area contributed by atoms with Crippen LogP contribution in [-0.4, -0.2) is 0 Å². The number of halogens is 2. The smallest absolute Gasteiger partial charge is 0.129 e. The van der Waals surface area contributed by atoms with Gasteiger partial charge in [-0.25, -0.2) is 8.78 Å². The summed E-state index contributed by atoms with van der Waals surface area (Å²) in [6.45, 7) is 4.06. The van der Waals surface area contributed by atoms with Gasteiger partial charge in [0.2, 0.25) is 0 Å². The van der Waals surface area contributed by atoms with Crippen LogP contribution in [0, 0.1) is 11.6 Å². The lowest BCUT2D eigenvalue weighted by molar-refractivity contribution is 0.489. The zero-order chi connectivity index (χ0) is 18.5. The molecule has 1 atom stereocenters. The number of fused-ring (bicyclic) bond motifs is 1. The molecule has 0 amide bonds. The number of hydrogen-bond donors (Lipinski definition) is 0. The molecule has 0 spiro atoms. The average molecular weight is 354 g/mol. The van der Waals surface area contributed by atoms with Crippen molar-refractivity contribution >= 4 is 0 Å². The lowest BCUT2D eigenvalue weighted by atomic mass is 9.79. The molecule has 2 aromatic carbocycles. The van der Waals surface area contributed by atoms with E-state index in [0.29, 0.717) is 0 Å². The Bertz CT molecular complexity index is 766. The van der Waals surface area contributed by atoms with Crippen LogP contribution in [0.25, 0.3) is 0 Å². The van der Waals surface area contributed by atoms with Crippen LogP contribution in [0.4, 0.5) is 8.78 Å². The molecule has 0 saturated carbocycles. The number of allylic oxidation sites excluding steroid dienone is 2. The summed E-state index contributed by atoms with van der Waals surface area (Å²) >= 11 is 0. The number of aryl methyl sites for hydroxylation is 3. The quantitative estimate of drug-likeness (QED) is 0.506. The third-order valence-electron chi connectivity index (χ3n) is 5.42. The average Bonchev–Trinajstić information content (AvgIpc) is 2.61. The van der Waals surface area contributed by atoms with Crippen LogP contribution in [0.1, 0.15) is 66.8 Å². The zero-order valence-electron chi connectivity index (χ0n) is 15.8. The Hall–Kier alpha value is -1.96. The Labute approximate surface area is 156 Å². The largest absolute Gasteiger partial charge is 0.207 e. The summed E-state index contributed by atoms with van der Waals surface area (Å²) in [6.07, 6.45) is 10.4. The second-order valence-corrected chi connectivity index (χ2v) is 7.37. The van der Waals surface area contributed by atoms with E-state index >= 15 is 0 Å². The first-order valence-corrected chi connectivity index (χ1v) is 9.82. The van der Waals surface area contributed by atoms with E-state index in [-0.39, 0.29) is 23.1 Å². The molecule has 1 unspecified atom stereocenters. The van der Waals surface area contributed by atoms with Gasteiger partial charge in [-0.3, -0.25) is 0 Å². The summed E-state index contributed by atoms with van der Waals surface area (Å²) in [4.78, 5) is 0. The van der Waals surface area contributed by atoms with E-state index in [0.717, 1.165) is 50.5 Å². The highest BCUT2D eigenvalue weighted by Gasteiger charge is 2.26. The van der Waals surface area contributed by atoms with Crippen LogP contribution in [0.5, 0.6) is 0 Å². The van der Waals surface area contributed by atoms with E-state index in [4.69, 9.17) is 0 Å². The fourth-order valence-electron chi connectivity index (χ4n) is 4.09. The molecule has 1 aliphatic rings. The van der Waals surface area contributed by atoms with Gasteiger partial charge in [-0.2, -0.15) is 0 Å². The lowest BCUT2D eigenvalue weighted by Gasteiger charge is -2.26. The lowest BCUT2D eigenvalue weighted by Crippen LogP contribution is -2.16. The third kappa shape index (κ3) is 4.23. The van der Waals surface area contributed by atoms with Crippen molar-refractivity contribution in [3.8, 4) is 0 Å². The van der Waals surface area contributed by atoms with Crippen molar-refractivity contribution in [3.63, 3.8) is 0 Å². The van der Waals surface area contributed by atoms with Gasteiger partial charge in [-0.15, -0.1) is 0 Å². The highest BCUT2D eigenvalue weighted by molar-refractivity contribution is 5.38. The minimum atomic E-state index is -0.370. The number of rotatable bonds is 6. The minimum Gasteiger partial charge on any atom is -0.207 e. The fourth-order valence-corrected chi connectivity index (χ4v) is 4.09. The molecule has 0 saturated heterocycles. The van der Waals surface area contributed by atoms with Gasteiger partial charge >= 0.3 is 0 Å². The van der Waals surface area contributed by atoms with Gasteiger partial charge < -0.3 is 0 Å². The second-order valence-electron chi connectivity index (χ2n) is 7.37. The molecule has 0 heterocycles. The van der Waals surface area contributed by atoms with Gasteiger partial charge in [0.1, 0.15) is 11.6 Å². The van der Waals surface area contributed by atoms with Crippen LogP contribution in [0.3, 0.4) is 0 Å². The molecule has 0 aliphatic heterocycles. The van der Waals surface area contributed by atoms with E-state index in [9.17, 15) is 8.78 Å². The fraction of sp³-hybridized carbons (Fsp3) is 0.417. The van der Waals surface area contributed by atoms with Crippen LogP contribution >= 0.6 is 0 Å². The van der Waals surface area contributed by atoms with Gasteiger partial charge in [0.15, 0.2) is 0 Å². The van der Waals surface area contributed by atoms with Crippen molar-refractivity contribution < 1.29 is 8.78 Å². The molecule has 2 heteroatoms. The normalized spacial score (nSPS) is 16.8. The van der Waals surface area contributed by atoms with Crippen molar-refractivity contribution in [2.75, 3.05) is 0 Å². The Morgan fingerprint density at radius 3 is 2.46 bits per heavy atom. The molecule has 0 radical (unpaired) electrons. The summed E-state index contributed by atoms with van der Waals surface area (Å²) in [5.41, 5.74) is 4.98. The topological polar surface area (TPSA) is 0 Å². The van der Waals surface area contributed by atoms with Crippen LogP contribution in [0.2, 0.25) is 0 Å². The molecule has 26 heavy (non-hydrogen) atoms. The molecule has 138 valence electrons. The van der Waals surface area contributed by atoms with Crippen LogP contribution in [-0.2, 0) is 25.7 Å². The van der Waals surface area contributed by atoms with Crippen LogP contribution in [0.15, 0.2) is 42.5 Å². The van der Waals surface area contributed by atoms with Crippen molar-refractivity contribution in [2.45, 2.75) is 64.7 Å². The summed E-state index contributed by atoms with van der Waals surface area (Å²) in [5.74, 6) is -0.804.